The van der Waals surface area contributed by atoms with Crippen LogP contribution < -0.4 is 0 Å². The molecule has 0 spiro atoms. The Morgan fingerprint density at radius 1 is 0.464 bits per heavy atom. The monoisotopic (exact) mass is 402 g/mol. The van der Waals surface area contributed by atoms with Crippen LogP contribution in [0.1, 0.15) is 35.6 Å². The average molecular weight is 403 g/mol. The summed E-state index contributed by atoms with van der Waals surface area (Å²) in [7, 11) is 6.63. The smallest absolute Gasteiger partial charge is 0.0508 e. The highest BCUT2D eigenvalue weighted by molar-refractivity contribution is 4.73. The summed E-state index contributed by atoms with van der Waals surface area (Å²) >= 11 is 0. The van der Waals surface area contributed by atoms with Gasteiger partial charge < -0.3 is 19.6 Å². The fourth-order valence-electron chi connectivity index (χ4n) is 3.65. The Morgan fingerprint density at radius 2 is 0.750 bits per heavy atom. The van der Waals surface area contributed by atoms with Crippen molar-refractivity contribution in [3.05, 3.63) is 0 Å². The summed E-state index contributed by atoms with van der Waals surface area (Å²) in [5, 5.41) is 0. The molecule has 0 unspecified atom stereocenters. The van der Waals surface area contributed by atoms with Crippen LogP contribution in [0.15, 0.2) is 0 Å². The van der Waals surface area contributed by atoms with E-state index in [1.165, 1.54) is 98.2 Å². The van der Waals surface area contributed by atoms with E-state index in [9.17, 15) is 0 Å². The molecule has 0 aromatic heterocycles. The molecule has 172 valence electrons. The van der Waals surface area contributed by atoms with Gasteiger partial charge in [0.15, 0.2) is 0 Å². The third kappa shape index (κ3) is 11.7. The van der Waals surface area contributed by atoms with Gasteiger partial charge in [-0.1, -0.05) is 29.2 Å². The van der Waals surface area contributed by atoms with Crippen molar-refractivity contribution in [2.45, 2.75) is 35.6 Å². The number of rotatable bonds is 4. The lowest BCUT2D eigenvalue weighted by Crippen LogP contribution is -2.52. The predicted octanol–water partition coefficient (Wildman–Crippen LogP) is 1.99. The van der Waals surface area contributed by atoms with Crippen molar-refractivity contribution in [1.29, 1.82) is 0 Å². The molecule has 3 heterocycles. The van der Waals surface area contributed by atoms with Gasteiger partial charge in [0.25, 0.3) is 0 Å². The predicted molar refractivity (Wildman–Crippen MR) is 127 cm³/mol. The Kier molecular flexibility index (Phi) is 17.7. The van der Waals surface area contributed by atoms with Crippen molar-refractivity contribution >= 4 is 0 Å². The van der Waals surface area contributed by atoms with E-state index in [4.69, 9.17) is 0 Å². The Labute approximate surface area is 178 Å². The van der Waals surface area contributed by atoms with Crippen LogP contribution in [0.4, 0.5) is 0 Å². The number of likely N-dealkylation sites (N-methyl/N-ethyl adjacent to an activating group) is 3. The normalized spacial score (nSPS) is 23.6. The van der Waals surface area contributed by atoms with Gasteiger partial charge in [-0.25, -0.2) is 0 Å². The number of piperazine rings is 3. The molecule has 0 aromatic carbocycles. The highest BCUT2D eigenvalue weighted by Gasteiger charge is 2.19. The maximum atomic E-state index is 2.59. The molecular formula is C22H54N6. The molecule has 0 aromatic rings. The maximum Gasteiger partial charge on any atom is 0.0508 e. The Hall–Kier alpha value is -0.240. The van der Waals surface area contributed by atoms with Crippen molar-refractivity contribution in [2.75, 3.05) is 113 Å². The molecule has 28 heavy (non-hydrogen) atoms. The third-order valence-corrected chi connectivity index (χ3v) is 5.73. The molecule has 0 amide bonds. The summed E-state index contributed by atoms with van der Waals surface area (Å²) < 4.78 is 0. The van der Waals surface area contributed by atoms with Gasteiger partial charge in [-0.05, 0) is 34.1 Å². The topological polar surface area (TPSA) is 19.4 Å². The zero-order valence-corrected chi connectivity index (χ0v) is 17.3. The SMILES string of the molecule is C.C.C.CCCN1CCN(C)CC1.CN1CCN(CN2CCN(C)CC2)CC1. The number of hydrogen-bond donors (Lipinski definition) is 0. The minimum atomic E-state index is 0. The Balaban J connectivity index is 0. The molecule has 0 atom stereocenters. The quantitative estimate of drug-likeness (QED) is 0.711. The zero-order valence-electron chi connectivity index (χ0n) is 17.3. The second-order valence-electron chi connectivity index (χ2n) is 8.13. The first-order valence-corrected chi connectivity index (χ1v) is 10.3. The molecule has 0 N–H and O–H groups in total. The van der Waals surface area contributed by atoms with Gasteiger partial charge in [0.05, 0.1) is 6.67 Å². The molecule has 3 fully saturated rings. The summed E-state index contributed by atoms with van der Waals surface area (Å²) in [6.45, 7) is 19.6. The van der Waals surface area contributed by atoms with Crippen LogP contribution in [-0.4, -0.2) is 142 Å². The fourth-order valence-corrected chi connectivity index (χ4v) is 3.65. The lowest BCUT2D eigenvalue weighted by molar-refractivity contribution is 0.0563. The molecule has 3 rings (SSSR count). The van der Waals surface area contributed by atoms with Crippen molar-refractivity contribution in [2.24, 2.45) is 0 Å². The zero-order chi connectivity index (χ0) is 18.1. The minimum absolute atomic E-state index is 0. The van der Waals surface area contributed by atoms with E-state index in [1.54, 1.807) is 0 Å². The lowest BCUT2D eigenvalue weighted by Gasteiger charge is -2.39. The Bertz CT molecular complexity index is 310. The van der Waals surface area contributed by atoms with Crippen LogP contribution in [-0.2, 0) is 0 Å². The van der Waals surface area contributed by atoms with E-state index in [1.807, 2.05) is 0 Å². The van der Waals surface area contributed by atoms with E-state index in [0.717, 1.165) is 0 Å². The largest absolute Gasteiger partial charge is 0.304 e. The number of hydrogen-bond acceptors (Lipinski definition) is 6. The van der Waals surface area contributed by atoms with E-state index in [-0.39, 0.29) is 22.3 Å². The van der Waals surface area contributed by atoms with E-state index in [0.29, 0.717) is 0 Å². The van der Waals surface area contributed by atoms with E-state index < -0.39 is 0 Å². The average Bonchev–Trinajstić information content (AvgIpc) is 2.62. The van der Waals surface area contributed by atoms with Crippen LogP contribution in [0.3, 0.4) is 0 Å². The second kappa shape index (κ2) is 16.5. The molecule has 6 nitrogen and oxygen atoms in total. The Morgan fingerprint density at radius 3 is 1.04 bits per heavy atom. The van der Waals surface area contributed by atoms with Crippen LogP contribution in [0, 0.1) is 0 Å². The van der Waals surface area contributed by atoms with Crippen molar-refractivity contribution < 1.29 is 0 Å². The lowest BCUT2D eigenvalue weighted by atomic mass is 10.3. The van der Waals surface area contributed by atoms with Gasteiger partial charge in [-0.2, -0.15) is 0 Å². The van der Waals surface area contributed by atoms with Crippen LogP contribution in [0.25, 0.3) is 0 Å². The van der Waals surface area contributed by atoms with Crippen LogP contribution in [0.2, 0.25) is 0 Å². The molecule has 0 saturated carbocycles. The van der Waals surface area contributed by atoms with Gasteiger partial charge in [0.1, 0.15) is 0 Å². The highest BCUT2D eigenvalue weighted by Crippen LogP contribution is 2.04. The summed E-state index contributed by atoms with van der Waals surface area (Å²) in [6, 6.07) is 0. The third-order valence-electron chi connectivity index (χ3n) is 5.73. The standard InChI is InChI=1S/C11H24N4.C8H18N2.3CH4/c1-12-3-7-14(8-4-12)11-15-9-5-13(2)6-10-15;1-3-4-10-7-5-9(2)6-8-10;;;/h3-11H2,1-2H3;3-8H2,1-2H3;3*1H4. The second-order valence-corrected chi connectivity index (χ2v) is 8.13. The first kappa shape index (κ1) is 30.0. The van der Waals surface area contributed by atoms with Gasteiger partial charge in [-0.3, -0.25) is 9.80 Å². The van der Waals surface area contributed by atoms with Crippen molar-refractivity contribution in [3.8, 4) is 0 Å². The summed E-state index contributed by atoms with van der Waals surface area (Å²) in [6.07, 6.45) is 1.30. The fraction of sp³-hybridized carbons (Fsp3) is 1.00. The van der Waals surface area contributed by atoms with E-state index >= 15 is 0 Å². The first-order valence-electron chi connectivity index (χ1n) is 10.3. The maximum absolute atomic E-state index is 2.59. The molecule has 3 aliphatic heterocycles. The van der Waals surface area contributed by atoms with Gasteiger partial charge in [0.2, 0.25) is 0 Å². The molecular weight excluding hydrogens is 348 g/mol. The first-order chi connectivity index (χ1) is 12.1. The van der Waals surface area contributed by atoms with E-state index in [2.05, 4.69) is 57.5 Å². The van der Waals surface area contributed by atoms with Crippen molar-refractivity contribution in [1.82, 2.24) is 29.4 Å². The summed E-state index contributed by atoms with van der Waals surface area (Å²) in [5.41, 5.74) is 0. The number of nitrogens with zero attached hydrogens (tertiary/aromatic N) is 6. The molecule has 0 bridgehead atoms. The molecule has 0 radical (unpaired) electrons. The molecule has 6 heteroatoms. The molecule has 3 saturated heterocycles. The minimum Gasteiger partial charge on any atom is -0.304 e. The van der Waals surface area contributed by atoms with Gasteiger partial charge in [-0.15, -0.1) is 0 Å². The molecule has 0 aliphatic carbocycles. The molecule has 3 aliphatic rings. The highest BCUT2D eigenvalue weighted by atomic mass is 15.4. The van der Waals surface area contributed by atoms with Gasteiger partial charge >= 0.3 is 0 Å². The van der Waals surface area contributed by atoms with Crippen molar-refractivity contribution in [3.63, 3.8) is 0 Å². The summed E-state index contributed by atoms with van der Waals surface area (Å²) in [4.78, 5) is 14.9. The summed E-state index contributed by atoms with van der Waals surface area (Å²) in [5.74, 6) is 0. The van der Waals surface area contributed by atoms with Gasteiger partial charge in [0, 0.05) is 78.5 Å². The van der Waals surface area contributed by atoms with Crippen LogP contribution >= 0.6 is 0 Å². The van der Waals surface area contributed by atoms with Crippen LogP contribution in [0.5, 0.6) is 0 Å².